The predicted octanol–water partition coefficient (Wildman–Crippen LogP) is 6.62. The molecule has 0 bridgehead atoms. The summed E-state index contributed by atoms with van der Waals surface area (Å²) in [5, 5.41) is 33.3. The molecular formula is C36H80O11Si2Ti. The Kier molecular flexibility index (Phi) is 66.0. The van der Waals surface area contributed by atoms with Gasteiger partial charge in [-0.2, -0.15) is 0 Å². The van der Waals surface area contributed by atoms with Crippen LogP contribution in [0.25, 0.3) is 0 Å². The van der Waals surface area contributed by atoms with Crippen molar-refractivity contribution in [2.75, 3.05) is 72.7 Å². The van der Waals surface area contributed by atoms with Gasteiger partial charge in [-0.05, 0) is 74.1 Å². The van der Waals surface area contributed by atoms with Crippen LogP contribution in [0.5, 0.6) is 0 Å². The fraction of sp³-hybridized carbons (Fsp3) is 0.833. The van der Waals surface area contributed by atoms with Gasteiger partial charge in [0.15, 0.2) is 0 Å². The van der Waals surface area contributed by atoms with E-state index in [1.807, 2.05) is 78.8 Å². The van der Waals surface area contributed by atoms with Gasteiger partial charge >= 0.3 is 17.9 Å². The van der Waals surface area contributed by atoms with Crippen LogP contribution in [0.1, 0.15) is 128 Å². The van der Waals surface area contributed by atoms with Gasteiger partial charge in [-0.1, -0.05) is 83.7 Å². The molecule has 0 aromatic heterocycles. The topological polar surface area (TPSA) is 146 Å². The summed E-state index contributed by atoms with van der Waals surface area (Å²) in [5.74, 6) is 0. The van der Waals surface area contributed by atoms with Crippen LogP contribution in [-0.4, -0.2) is 111 Å². The molecule has 4 N–H and O–H groups in total. The van der Waals surface area contributed by atoms with Crippen LogP contribution >= 0.6 is 0 Å². The molecular weight excluding hydrogens is 712 g/mol. The normalized spacial score (nSPS) is 10.2. The second-order valence-electron chi connectivity index (χ2n) is 9.76. The maximum Gasteiger partial charge on any atom is 0.679 e. The average Bonchev–Trinajstić information content (AvgIpc) is 3.09. The van der Waals surface area contributed by atoms with Gasteiger partial charge in [-0.25, -0.2) is 0 Å². The Morgan fingerprint density at radius 2 is 0.640 bits per heavy atom. The quantitative estimate of drug-likeness (QED) is 0.0888. The molecule has 0 aliphatic carbocycles. The van der Waals surface area contributed by atoms with Crippen molar-refractivity contribution in [1.82, 2.24) is 0 Å². The average molecular weight is 793 g/mol. The molecule has 0 fully saturated rings. The Labute approximate surface area is 325 Å². The monoisotopic (exact) mass is 792 g/mol. The molecule has 0 unspecified atom stereocenters. The van der Waals surface area contributed by atoms with Crippen molar-refractivity contribution in [2.45, 2.75) is 128 Å². The van der Waals surface area contributed by atoms with E-state index in [9.17, 15) is 0 Å². The fourth-order valence-corrected chi connectivity index (χ4v) is 7.58. The van der Waals surface area contributed by atoms with Gasteiger partial charge < -0.3 is 51.4 Å². The number of hydrogen-bond acceptors (Lipinski definition) is 11. The maximum atomic E-state index is 8.07. The van der Waals surface area contributed by atoms with E-state index in [1.165, 1.54) is 0 Å². The van der Waals surface area contributed by atoms with E-state index >= 15 is 0 Å². The number of hydrogen-bond donors (Lipinski definition) is 4. The SMILES string of the molecule is CCCCO.CCCCO.CCCCO.CCCCO.CCO[Si](OCC)(OCC)OCC.CCO[Si](OCC)(OCC)c1ccccc1.[Ti]. The zero-order chi connectivity index (χ0) is 38.5. The Balaban J connectivity index is -0.000000127. The van der Waals surface area contributed by atoms with Crippen LogP contribution in [0.2, 0.25) is 0 Å². The van der Waals surface area contributed by atoms with E-state index in [0.29, 0.717) is 72.7 Å². The fourth-order valence-electron chi connectivity index (χ4n) is 3.18. The van der Waals surface area contributed by atoms with Crippen LogP contribution in [0.4, 0.5) is 0 Å². The van der Waals surface area contributed by atoms with E-state index < -0.39 is 17.9 Å². The number of aliphatic hydroxyl groups excluding tert-OH is 4. The molecule has 0 radical (unpaired) electrons. The Morgan fingerprint density at radius 3 is 0.800 bits per heavy atom. The first-order valence-corrected chi connectivity index (χ1v) is 22.0. The Hall–Kier alpha value is -0.0719. The molecule has 0 aliphatic heterocycles. The van der Waals surface area contributed by atoms with E-state index in [1.54, 1.807) is 0 Å². The summed E-state index contributed by atoms with van der Waals surface area (Å²) in [5.41, 5.74) is 0. The van der Waals surface area contributed by atoms with Gasteiger partial charge in [0.25, 0.3) is 0 Å². The van der Waals surface area contributed by atoms with Crippen molar-refractivity contribution in [2.24, 2.45) is 0 Å². The van der Waals surface area contributed by atoms with Gasteiger partial charge in [0.2, 0.25) is 0 Å². The molecule has 0 spiro atoms. The first-order valence-electron chi connectivity index (χ1n) is 18.7. The maximum absolute atomic E-state index is 8.07. The molecule has 1 rings (SSSR count). The third-order valence-electron chi connectivity index (χ3n) is 5.46. The Morgan fingerprint density at radius 1 is 0.400 bits per heavy atom. The molecule has 50 heavy (non-hydrogen) atoms. The molecule has 0 atom stereocenters. The van der Waals surface area contributed by atoms with Crippen LogP contribution in [-0.2, 0) is 52.7 Å². The molecule has 0 heterocycles. The largest absolute Gasteiger partial charge is 0.679 e. The zero-order valence-corrected chi connectivity index (χ0v) is 37.5. The first kappa shape index (κ1) is 61.9. The predicted molar refractivity (Wildman–Crippen MR) is 207 cm³/mol. The van der Waals surface area contributed by atoms with Crippen molar-refractivity contribution < 1.29 is 73.1 Å². The van der Waals surface area contributed by atoms with Gasteiger partial charge in [-0.3, -0.25) is 0 Å². The molecule has 11 nitrogen and oxygen atoms in total. The molecule has 1 aromatic carbocycles. The van der Waals surface area contributed by atoms with Gasteiger partial charge in [-0.15, -0.1) is 0 Å². The zero-order valence-electron chi connectivity index (χ0n) is 34.0. The number of rotatable bonds is 23. The summed E-state index contributed by atoms with van der Waals surface area (Å²) in [6.07, 6.45) is 8.15. The summed E-state index contributed by atoms with van der Waals surface area (Å²) in [6.45, 7) is 27.1. The molecule has 14 heteroatoms. The minimum Gasteiger partial charge on any atom is -0.396 e. The summed E-state index contributed by atoms with van der Waals surface area (Å²) >= 11 is 0. The second-order valence-corrected chi connectivity index (χ2v) is 14.5. The van der Waals surface area contributed by atoms with Crippen molar-refractivity contribution in [1.29, 1.82) is 0 Å². The number of aliphatic hydroxyl groups is 4. The van der Waals surface area contributed by atoms with Gasteiger partial charge in [0, 0.05) is 99.6 Å². The van der Waals surface area contributed by atoms with E-state index in [2.05, 4.69) is 27.7 Å². The standard InChI is InChI=1S/C12H20O3Si.C8H20O4Si.4C4H10O.Ti/c1-4-13-16(14-5-2,15-6-3)12-10-8-7-9-11-12;1-5-9-13(10-6-2,11-7-3)12-8-4;4*1-2-3-4-5;/h7-11H,4-6H2,1-3H3;5-8H2,1-4H3;4*5H,2-4H2,1H3;. The minimum atomic E-state index is -2.80. The number of unbranched alkanes of at least 4 members (excludes halogenated alkanes) is 4. The molecule has 302 valence electrons. The smallest absolute Gasteiger partial charge is 0.396 e. The molecule has 0 amide bonds. The summed E-state index contributed by atoms with van der Waals surface area (Å²) in [6, 6.07) is 9.95. The summed E-state index contributed by atoms with van der Waals surface area (Å²) in [7, 11) is -5.47. The third kappa shape index (κ3) is 42.3. The van der Waals surface area contributed by atoms with Gasteiger partial charge in [0.05, 0.1) is 0 Å². The second kappa shape index (κ2) is 53.3. The van der Waals surface area contributed by atoms with Crippen LogP contribution in [0.3, 0.4) is 0 Å². The molecule has 1 aromatic rings. The van der Waals surface area contributed by atoms with Crippen LogP contribution < -0.4 is 5.19 Å². The van der Waals surface area contributed by atoms with E-state index in [0.717, 1.165) is 56.6 Å². The van der Waals surface area contributed by atoms with E-state index in [4.69, 9.17) is 51.4 Å². The van der Waals surface area contributed by atoms with Crippen LogP contribution in [0.15, 0.2) is 30.3 Å². The van der Waals surface area contributed by atoms with Crippen molar-refractivity contribution in [3.63, 3.8) is 0 Å². The molecule has 0 saturated carbocycles. The van der Waals surface area contributed by atoms with Crippen molar-refractivity contribution in [3.8, 4) is 0 Å². The molecule has 0 aliphatic rings. The van der Waals surface area contributed by atoms with Crippen molar-refractivity contribution in [3.05, 3.63) is 30.3 Å². The molecule has 0 saturated heterocycles. The Bertz CT molecular complexity index is 606. The number of benzene rings is 1. The van der Waals surface area contributed by atoms with Crippen LogP contribution in [0, 0.1) is 0 Å². The van der Waals surface area contributed by atoms with E-state index in [-0.39, 0.29) is 21.7 Å². The summed E-state index contributed by atoms with van der Waals surface area (Å²) < 4.78 is 39.1. The van der Waals surface area contributed by atoms with Crippen molar-refractivity contribution >= 4 is 23.0 Å². The first-order chi connectivity index (χ1) is 23.7. The summed E-state index contributed by atoms with van der Waals surface area (Å²) in [4.78, 5) is 0. The minimum absolute atomic E-state index is 0. The third-order valence-corrected chi connectivity index (χ3v) is 11.1. The van der Waals surface area contributed by atoms with Gasteiger partial charge in [0.1, 0.15) is 0 Å².